The first-order valence-electron chi connectivity index (χ1n) is 6.40. The minimum atomic E-state index is -0.969. The summed E-state index contributed by atoms with van der Waals surface area (Å²) in [7, 11) is 0. The Balaban J connectivity index is 2.56. The van der Waals surface area contributed by atoms with Gasteiger partial charge in [0.25, 0.3) is 0 Å². The van der Waals surface area contributed by atoms with Crippen LogP contribution in [0.2, 0.25) is 0 Å². The van der Waals surface area contributed by atoms with Crippen LogP contribution in [-0.4, -0.2) is 40.6 Å². The Morgan fingerprint density at radius 2 is 1.94 bits per heavy atom. The van der Waals surface area contributed by atoms with Crippen molar-refractivity contribution in [3.63, 3.8) is 0 Å². The molecule has 98 valence electrons. The SMILES string of the molecule is CC[C@@H](NC(=O)N(CC)C1CCCC1)C(=O)O. The third-order valence-corrected chi connectivity index (χ3v) is 3.37. The average Bonchev–Trinajstić information content (AvgIpc) is 2.80. The van der Waals surface area contributed by atoms with Gasteiger partial charge in [0.1, 0.15) is 6.04 Å². The van der Waals surface area contributed by atoms with Crippen LogP contribution in [0.25, 0.3) is 0 Å². The molecule has 0 aromatic carbocycles. The van der Waals surface area contributed by atoms with Crippen LogP contribution in [0.15, 0.2) is 0 Å². The van der Waals surface area contributed by atoms with E-state index >= 15 is 0 Å². The van der Waals surface area contributed by atoms with E-state index in [9.17, 15) is 9.59 Å². The number of hydrogen-bond acceptors (Lipinski definition) is 2. The van der Waals surface area contributed by atoms with Gasteiger partial charge in [-0.25, -0.2) is 9.59 Å². The van der Waals surface area contributed by atoms with Gasteiger partial charge in [0.15, 0.2) is 0 Å². The van der Waals surface area contributed by atoms with Crippen LogP contribution >= 0.6 is 0 Å². The zero-order valence-electron chi connectivity index (χ0n) is 10.6. The predicted molar refractivity (Wildman–Crippen MR) is 64.9 cm³/mol. The molecule has 1 rings (SSSR count). The number of carboxylic acids is 1. The van der Waals surface area contributed by atoms with E-state index in [1.165, 1.54) is 0 Å². The molecular formula is C12H22N2O3. The molecule has 1 fully saturated rings. The van der Waals surface area contributed by atoms with Crippen LogP contribution in [0.4, 0.5) is 4.79 Å². The Labute approximate surface area is 102 Å². The Morgan fingerprint density at radius 3 is 2.35 bits per heavy atom. The van der Waals surface area contributed by atoms with E-state index in [1.807, 2.05) is 6.92 Å². The molecule has 0 aliphatic heterocycles. The lowest BCUT2D eigenvalue weighted by atomic mass is 10.2. The summed E-state index contributed by atoms with van der Waals surface area (Å²) < 4.78 is 0. The van der Waals surface area contributed by atoms with Gasteiger partial charge in [-0.15, -0.1) is 0 Å². The van der Waals surface area contributed by atoms with Crippen LogP contribution in [-0.2, 0) is 4.79 Å². The van der Waals surface area contributed by atoms with Gasteiger partial charge >= 0.3 is 12.0 Å². The van der Waals surface area contributed by atoms with E-state index in [4.69, 9.17) is 5.11 Å². The molecular weight excluding hydrogens is 220 g/mol. The van der Waals surface area contributed by atoms with Gasteiger partial charge in [-0.05, 0) is 26.2 Å². The van der Waals surface area contributed by atoms with Crippen molar-refractivity contribution < 1.29 is 14.7 Å². The number of carbonyl (C=O) groups excluding carboxylic acids is 1. The number of nitrogens with zero attached hydrogens (tertiary/aromatic N) is 1. The van der Waals surface area contributed by atoms with E-state index in [1.54, 1.807) is 11.8 Å². The largest absolute Gasteiger partial charge is 0.480 e. The first kappa shape index (κ1) is 13.8. The van der Waals surface area contributed by atoms with Gasteiger partial charge in [0, 0.05) is 12.6 Å². The van der Waals surface area contributed by atoms with Crippen molar-refractivity contribution >= 4 is 12.0 Å². The molecule has 5 nitrogen and oxygen atoms in total. The molecule has 5 heteroatoms. The van der Waals surface area contributed by atoms with Gasteiger partial charge in [0.05, 0.1) is 0 Å². The summed E-state index contributed by atoms with van der Waals surface area (Å²) >= 11 is 0. The molecule has 0 saturated heterocycles. The van der Waals surface area contributed by atoms with Gasteiger partial charge in [0.2, 0.25) is 0 Å². The van der Waals surface area contributed by atoms with E-state index < -0.39 is 12.0 Å². The molecule has 0 unspecified atom stereocenters. The number of amides is 2. The highest BCUT2D eigenvalue weighted by atomic mass is 16.4. The lowest BCUT2D eigenvalue weighted by Gasteiger charge is -2.29. The summed E-state index contributed by atoms with van der Waals surface area (Å²) in [5, 5.41) is 11.5. The normalized spacial score (nSPS) is 17.8. The van der Waals surface area contributed by atoms with Crippen molar-refractivity contribution in [2.24, 2.45) is 0 Å². The maximum Gasteiger partial charge on any atom is 0.326 e. The number of carbonyl (C=O) groups is 2. The van der Waals surface area contributed by atoms with Crippen molar-refractivity contribution in [2.45, 2.75) is 58.0 Å². The maximum absolute atomic E-state index is 12.0. The molecule has 0 bridgehead atoms. The first-order valence-corrected chi connectivity index (χ1v) is 6.40. The van der Waals surface area contributed by atoms with E-state index in [0.717, 1.165) is 25.7 Å². The van der Waals surface area contributed by atoms with Gasteiger partial charge in [-0.3, -0.25) is 0 Å². The summed E-state index contributed by atoms with van der Waals surface area (Å²) in [5.74, 6) is -0.969. The molecule has 0 heterocycles. The van der Waals surface area contributed by atoms with Crippen molar-refractivity contribution in [1.82, 2.24) is 10.2 Å². The van der Waals surface area contributed by atoms with Crippen LogP contribution in [0.1, 0.15) is 46.0 Å². The van der Waals surface area contributed by atoms with E-state index in [-0.39, 0.29) is 12.1 Å². The molecule has 1 saturated carbocycles. The second kappa shape index (κ2) is 6.47. The standard InChI is InChI=1S/C12H22N2O3/c1-3-10(11(15)16)13-12(17)14(4-2)9-7-5-6-8-9/h9-10H,3-8H2,1-2H3,(H,13,17)(H,15,16)/t10-/m1/s1. The summed E-state index contributed by atoms with van der Waals surface area (Å²) in [6.07, 6.45) is 4.79. The Morgan fingerprint density at radius 1 is 1.35 bits per heavy atom. The second-order valence-electron chi connectivity index (χ2n) is 4.47. The van der Waals surface area contributed by atoms with Crippen LogP contribution in [0.5, 0.6) is 0 Å². The lowest BCUT2D eigenvalue weighted by Crippen LogP contribution is -2.50. The quantitative estimate of drug-likeness (QED) is 0.772. The molecule has 1 aliphatic carbocycles. The molecule has 0 aromatic heterocycles. The Kier molecular flexibility index (Phi) is 5.25. The number of aliphatic carboxylic acids is 1. The summed E-state index contributed by atoms with van der Waals surface area (Å²) in [4.78, 5) is 24.6. The fourth-order valence-corrected chi connectivity index (χ4v) is 2.35. The van der Waals surface area contributed by atoms with Crippen molar-refractivity contribution in [1.29, 1.82) is 0 Å². The fourth-order valence-electron chi connectivity index (χ4n) is 2.35. The number of nitrogens with one attached hydrogen (secondary N) is 1. The Hall–Kier alpha value is -1.26. The fraction of sp³-hybridized carbons (Fsp3) is 0.833. The lowest BCUT2D eigenvalue weighted by molar-refractivity contribution is -0.139. The van der Waals surface area contributed by atoms with Gasteiger partial charge in [-0.2, -0.15) is 0 Å². The van der Waals surface area contributed by atoms with Crippen molar-refractivity contribution in [3.05, 3.63) is 0 Å². The highest BCUT2D eigenvalue weighted by Gasteiger charge is 2.27. The molecule has 0 radical (unpaired) electrons. The molecule has 1 atom stereocenters. The van der Waals surface area contributed by atoms with E-state index in [0.29, 0.717) is 13.0 Å². The van der Waals surface area contributed by atoms with Crippen molar-refractivity contribution in [2.75, 3.05) is 6.54 Å². The monoisotopic (exact) mass is 242 g/mol. The predicted octanol–water partition coefficient (Wildman–Crippen LogP) is 1.82. The summed E-state index contributed by atoms with van der Waals surface area (Å²) in [5.41, 5.74) is 0. The maximum atomic E-state index is 12.0. The zero-order valence-corrected chi connectivity index (χ0v) is 10.6. The zero-order chi connectivity index (χ0) is 12.8. The molecule has 0 aromatic rings. The average molecular weight is 242 g/mol. The summed E-state index contributed by atoms with van der Waals surface area (Å²) in [6.45, 7) is 4.32. The number of rotatable bonds is 5. The molecule has 2 amide bonds. The third-order valence-electron chi connectivity index (χ3n) is 3.37. The minimum absolute atomic E-state index is 0.242. The minimum Gasteiger partial charge on any atom is -0.480 e. The van der Waals surface area contributed by atoms with Gasteiger partial charge in [-0.1, -0.05) is 19.8 Å². The van der Waals surface area contributed by atoms with Crippen LogP contribution < -0.4 is 5.32 Å². The molecule has 2 N–H and O–H groups in total. The summed E-state index contributed by atoms with van der Waals surface area (Å²) in [6, 6.07) is -0.738. The second-order valence-corrected chi connectivity index (χ2v) is 4.47. The number of hydrogen-bond donors (Lipinski definition) is 2. The highest BCUT2D eigenvalue weighted by Crippen LogP contribution is 2.23. The van der Waals surface area contributed by atoms with Crippen LogP contribution in [0.3, 0.4) is 0 Å². The van der Waals surface area contributed by atoms with Crippen molar-refractivity contribution in [3.8, 4) is 0 Å². The van der Waals surface area contributed by atoms with E-state index in [2.05, 4.69) is 5.32 Å². The third kappa shape index (κ3) is 3.61. The Bertz CT molecular complexity index is 275. The number of urea groups is 1. The topological polar surface area (TPSA) is 69.6 Å². The molecule has 0 spiro atoms. The number of carboxylic acid groups (broad SMARTS) is 1. The molecule has 17 heavy (non-hydrogen) atoms. The van der Waals surface area contributed by atoms with Gasteiger partial charge < -0.3 is 15.3 Å². The first-order chi connectivity index (χ1) is 8.10. The van der Waals surface area contributed by atoms with Crippen LogP contribution in [0, 0.1) is 0 Å². The molecule has 1 aliphatic rings. The smallest absolute Gasteiger partial charge is 0.326 e. The highest BCUT2D eigenvalue weighted by molar-refractivity contribution is 5.82.